The number of rotatable bonds is 25. The van der Waals surface area contributed by atoms with Crippen molar-refractivity contribution >= 4 is 72.9 Å². The fraction of sp³-hybridized carbons (Fsp3) is 0.792. The lowest BCUT2D eigenvalue weighted by molar-refractivity contribution is -0.122. The van der Waals surface area contributed by atoms with E-state index >= 15 is 0 Å². The predicted octanol–water partition coefficient (Wildman–Crippen LogP) is 0.418. The van der Waals surface area contributed by atoms with Gasteiger partial charge in [-0.05, 0) is 51.4 Å². The average Bonchev–Trinajstić information content (AvgIpc) is 3.88. The number of nitrogens with two attached hydrogens (primary N) is 3. The Bertz CT molecular complexity index is 826. The van der Waals surface area contributed by atoms with Gasteiger partial charge >= 0.3 is 6.09 Å². The maximum absolute atomic E-state index is 12.4. The van der Waals surface area contributed by atoms with Gasteiger partial charge in [-0.25, -0.2) is 4.79 Å². The van der Waals surface area contributed by atoms with Crippen molar-refractivity contribution in [3.05, 3.63) is 0 Å². The number of carbonyl (C=O) groups is 5. The van der Waals surface area contributed by atoms with E-state index in [1.807, 2.05) is 0 Å². The molecule has 11 N–H and O–H groups in total. The van der Waals surface area contributed by atoms with Crippen molar-refractivity contribution in [2.45, 2.75) is 91.8 Å². The molecule has 0 saturated carbocycles. The van der Waals surface area contributed by atoms with Crippen LogP contribution in [-0.4, -0.2) is 83.5 Å². The van der Waals surface area contributed by atoms with E-state index < -0.39 is 12.2 Å². The highest BCUT2D eigenvalue weighted by molar-refractivity contribution is 8.93. The van der Waals surface area contributed by atoms with Gasteiger partial charge in [0.05, 0.1) is 12.1 Å². The van der Waals surface area contributed by atoms with E-state index in [0.717, 1.165) is 12.8 Å². The second-order valence-corrected chi connectivity index (χ2v) is 15.4. The third-order valence-electron chi connectivity index (χ3n) is 6.30. The molecule has 0 radical (unpaired) electrons. The van der Waals surface area contributed by atoms with Gasteiger partial charge in [-0.1, -0.05) is 43.2 Å². The second-order valence-electron chi connectivity index (χ2n) is 9.80. The van der Waals surface area contributed by atoms with Crippen LogP contribution in [0.1, 0.15) is 64.2 Å². The molecule has 2 saturated heterocycles. The molecule has 2 aliphatic heterocycles. The van der Waals surface area contributed by atoms with Gasteiger partial charge in [-0.2, -0.15) is 0 Å². The Hall–Kier alpha value is -1.57. The maximum atomic E-state index is 12.4. The number of nitrogens with one attached hydrogen (secondary N) is 5. The number of amides is 5. The minimum Gasteiger partial charge on any atom is -0.446 e. The molecule has 0 aromatic carbocycles. The van der Waals surface area contributed by atoms with E-state index in [9.17, 15) is 24.0 Å². The highest BCUT2D eigenvalue weighted by Gasteiger charge is 2.30. The van der Waals surface area contributed by atoms with Crippen LogP contribution in [0.5, 0.6) is 0 Å². The van der Waals surface area contributed by atoms with Crippen molar-refractivity contribution in [2.75, 3.05) is 26.2 Å². The van der Waals surface area contributed by atoms with Crippen molar-refractivity contribution < 1.29 is 28.7 Å². The second kappa shape index (κ2) is 21.2. The zero-order valence-corrected chi connectivity index (χ0v) is 26.9. The normalized spacial score (nSPS) is 16.6. The lowest BCUT2D eigenvalue weighted by atomic mass is 10.1. The van der Waals surface area contributed by atoms with Crippen LogP contribution in [0.15, 0.2) is 0 Å². The average molecular weight is 669 g/mol. The largest absolute Gasteiger partial charge is 0.446 e. The Kier molecular flexibility index (Phi) is 18.5. The standard InChI is InChI=1S/C24H44N8O6S4/c25-11-14-30-22(37)38-15(7-9-18(33)28-12-3-1-5-16(20(26)35)31-23-39-40-23)8-10-19(34)29-13-4-2-6-17(21(27)36)32-24-41-42-24/h15-17,23-24,31-32H,1-14,25H2,(H2,26,35)(H2,27,36)(H,28,33)(H,29,34)(H,30,37). The van der Waals surface area contributed by atoms with Crippen molar-refractivity contribution in [2.24, 2.45) is 17.2 Å². The molecule has 2 atom stereocenters. The number of ether oxygens (including phenoxy) is 1. The van der Waals surface area contributed by atoms with Gasteiger partial charge < -0.3 is 37.9 Å². The Morgan fingerprint density at radius 1 is 0.643 bits per heavy atom. The number of alkyl carbamates (subject to hydrolysis) is 1. The molecule has 2 rings (SSSR count). The smallest absolute Gasteiger partial charge is 0.407 e. The summed E-state index contributed by atoms with van der Waals surface area (Å²) >= 11 is 0. The van der Waals surface area contributed by atoms with Crippen LogP contribution in [0.25, 0.3) is 0 Å². The quantitative estimate of drug-likeness (QED) is 0.0375. The summed E-state index contributed by atoms with van der Waals surface area (Å²) in [5.41, 5.74) is 16.3. The van der Waals surface area contributed by atoms with Crippen LogP contribution in [0.3, 0.4) is 0 Å². The summed E-state index contributed by atoms with van der Waals surface area (Å²) in [5.74, 6) is -1.13. The van der Waals surface area contributed by atoms with Gasteiger partial charge in [0.2, 0.25) is 23.6 Å². The minimum atomic E-state index is -0.646. The van der Waals surface area contributed by atoms with E-state index in [-0.39, 0.29) is 83.9 Å². The third kappa shape index (κ3) is 18.2. The summed E-state index contributed by atoms with van der Waals surface area (Å²) in [6.45, 7) is 1.42. The highest BCUT2D eigenvalue weighted by atomic mass is 33.2. The molecule has 240 valence electrons. The third-order valence-corrected chi connectivity index (χ3v) is 9.93. The Morgan fingerprint density at radius 3 is 1.48 bits per heavy atom. The fourth-order valence-electron chi connectivity index (χ4n) is 3.90. The number of carbonyl (C=O) groups excluding carboxylic acids is 5. The molecule has 0 aliphatic carbocycles. The summed E-state index contributed by atoms with van der Waals surface area (Å²) in [5, 5.41) is 14.6. The molecule has 18 heteroatoms. The van der Waals surface area contributed by atoms with E-state index in [1.165, 1.54) is 0 Å². The molecular formula is C24H44N8O6S4. The summed E-state index contributed by atoms with van der Waals surface area (Å²) in [7, 11) is 6.61. The van der Waals surface area contributed by atoms with Crippen LogP contribution in [-0.2, 0) is 23.9 Å². The zero-order valence-electron chi connectivity index (χ0n) is 23.6. The molecule has 14 nitrogen and oxygen atoms in total. The molecule has 2 unspecified atom stereocenters. The number of hydrogen-bond donors (Lipinski definition) is 8. The van der Waals surface area contributed by atoms with Crippen LogP contribution in [0.2, 0.25) is 0 Å². The zero-order chi connectivity index (χ0) is 30.7. The monoisotopic (exact) mass is 668 g/mol. The van der Waals surface area contributed by atoms with E-state index in [0.29, 0.717) is 38.8 Å². The Labute approximate surface area is 262 Å². The summed E-state index contributed by atoms with van der Waals surface area (Å²) < 4.78 is 5.88. The van der Waals surface area contributed by atoms with Crippen molar-refractivity contribution in [1.29, 1.82) is 0 Å². The first kappa shape index (κ1) is 36.6. The first-order valence-electron chi connectivity index (χ1n) is 14.1. The fourth-order valence-corrected chi connectivity index (χ4v) is 5.89. The SMILES string of the molecule is NCCNC(=O)OC(CCC(=O)NCCCCC(NC1SS1)C(N)=O)CCC(=O)NCCCCC(NC1SS1)C(N)=O. The van der Waals surface area contributed by atoms with Crippen molar-refractivity contribution in [1.82, 2.24) is 26.6 Å². The van der Waals surface area contributed by atoms with Crippen LogP contribution < -0.4 is 43.8 Å². The van der Waals surface area contributed by atoms with Crippen molar-refractivity contribution in [3.8, 4) is 0 Å². The molecular weight excluding hydrogens is 625 g/mol. The van der Waals surface area contributed by atoms with Crippen molar-refractivity contribution in [3.63, 3.8) is 0 Å². The molecule has 2 fully saturated rings. The summed E-state index contributed by atoms with van der Waals surface area (Å²) in [6, 6.07) is -0.758. The Morgan fingerprint density at radius 2 is 1.10 bits per heavy atom. The first-order chi connectivity index (χ1) is 20.2. The lowest BCUT2D eigenvalue weighted by Gasteiger charge is -2.18. The number of primary amides is 2. The van der Waals surface area contributed by atoms with E-state index in [1.54, 1.807) is 43.2 Å². The van der Waals surface area contributed by atoms with Gasteiger partial charge in [0, 0.05) is 39.0 Å². The minimum absolute atomic E-state index is 0.130. The summed E-state index contributed by atoms with van der Waals surface area (Å²) in [4.78, 5) is 59.9. The molecule has 42 heavy (non-hydrogen) atoms. The molecule has 0 spiro atoms. The molecule has 0 aromatic rings. The molecule has 2 aliphatic rings. The lowest BCUT2D eigenvalue weighted by Crippen LogP contribution is -2.41. The molecule has 0 aromatic heterocycles. The van der Waals surface area contributed by atoms with Crippen LogP contribution in [0, 0.1) is 0 Å². The van der Waals surface area contributed by atoms with Gasteiger partial charge in [0.15, 0.2) is 0 Å². The first-order valence-corrected chi connectivity index (χ1v) is 18.7. The molecule has 2 heterocycles. The molecule has 0 bridgehead atoms. The predicted molar refractivity (Wildman–Crippen MR) is 170 cm³/mol. The number of hydrogen-bond acceptors (Lipinski definition) is 13. The molecule has 5 amide bonds. The highest BCUT2D eigenvalue weighted by Crippen LogP contribution is 2.51. The van der Waals surface area contributed by atoms with Gasteiger partial charge in [0.25, 0.3) is 0 Å². The van der Waals surface area contributed by atoms with E-state index in [2.05, 4.69) is 26.6 Å². The van der Waals surface area contributed by atoms with Gasteiger partial charge in [0.1, 0.15) is 15.5 Å². The topological polar surface area (TPSA) is 233 Å². The summed E-state index contributed by atoms with van der Waals surface area (Å²) in [6.07, 6.45) is 3.56. The Balaban J connectivity index is 1.63. The van der Waals surface area contributed by atoms with Gasteiger partial charge in [-0.15, -0.1) is 0 Å². The van der Waals surface area contributed by atoms with Crippen LogP contribution >= 0.6 is 43.2 Å². The number of unbranched alkanes of at least 4 members (excludes halogenated alkanes) is 2. The van der Waals surface area contributed by atoms with Crippen LogP contribution in [0.4, 0.5) is 4.79 Å². The van der Waals surface area contributed by atoms with Gasteiger partial charge in [-0.3, -0.25) is 29.8 Å². The maximum Gasteiger partial charge on any atom is 0.407 e. The van der Waals surface area contributed by atoms with E-state index in [4.69, 9.17) is 21.9 Å².